The van der Waals surface area contributed by atoms with E-state index in [1.165, 1.54) is 11.8 Å². The SMILES string of the molecule is C=C=C(OC)/C(=N/COC)SC. The molecule has 0 aromatic rings. The number of ether oxygens (including phenoxy) is 2. The summed E-state index contributed by atoms with van der Waals surface area (Å²) in [5.74, 6) is 0.555. The molecule has 0 aromatic heterocycles. The van der Waals surface area contributed by atoms with Crippen molar-refractivity contribution in [1.82, 2.24) is 0 Å². The Kier molecular flexibility index (Phi) is 6.57. The van der Waals surface area contributed by atoms with Crippen LogP contribution in [0.3, 0.4) is 0 Å². The lowest BCUT2D eigenvalue weighted by Crippen LogP contribution is -2.00. The fourth-order valence-corrected chi connectivity index (χ4v) is 1.11. The summed E-state index contributed by atoms with van der Waals surface area (Å²) in [6.07, 6.45) is 1.91. The molecule has 0 radical (unpaired) electrons. The Bertz CT molecular complexity index is 207. The summed E-state index contributed by atoms with van der Waals surface area (Å²) >= 11 is 1.47. The molecule has 12 heavy (non-hydrogen) atoms. The average Bonchev–Trinajstić information content (AvgIpc) is 2.12. The minimum atomic E-state index is 0.324. The first kappa shape index (κ1) is 11.3. The van der Waals surface area contributed by atoms with Crippen molar-refractivity contribution in [2.24, 2.45) is 4.99 Å². The minimum absolute atomic E-state index is 0.324. The van der Waals surface area contributed by atoms with Gasteiger partial charge in [0.15, 0.2) is 5.76 Å². The van der Waals surface area contributed by atoms with Gasteiger partial charge in [-0.25, -0.2) is 4.99 Å². The van der Waals surface area contributed by atoms with Crippen molar-refractivity contribution < 1.29 is 9.47 Å². The van der Waals surface area contributed by atoms with Gasteiger partial charge in [-0.2, -0.15) is 0 Å². The molecule has 0 saturated heterocycles. The molecule has 0 unspecified atom stereocenters. The van der Waals surface area contributed by atoms with Gasteiger partial charge in [0.2, 0.25) is 0 Å². The lowest BCUT2D eigenvalue weighted by atomic mass is 10.5. The fourth-order valence-electron chi connectivity index (χ4n) is 0.587. The molecule has 0 amide bonds. The summed E-state index contributed by atoms with van der Waals surface area (Å²) in [6.45, 7) is 3.81. The Morgan fingerprint density at radius 3 is 2.58 bits per heavy atom. The van der Waals surface area contributed by atoms with Crippen LogP contribution >= 0.6 is 11.8 Å². The topological polar surface area (TPSA) is 30.8 Å². The molecule has 0 aliphatic rings. The fraction of sp³-hybridized carbons (Fsp3) is 0.500. The Hall–Kier alpha value is -0.700. The van der Waals surface area contributed by atoms with E-state index in [9.17, 15) is 0 Å². The van der Waals surface area contributed by atoms with Gasteiger partial charge in [0.25, 0.3) is 0 Å². The average molecular weight is 187 g/mol. The Balaban J connectivity index is 4.42. The van der Waals surface area contributed by atoms with Crippen LogP contribution in [0.25, 0.3) is 0 Å². The minimum Gasteiger partial charge on any atom is -0.487 e. The Labute approximate surface area is 77.2 Å². The summed E-state index contributed by atoms with van der Waals surface area (Å²) in [7, 11) is 3.15. The second-order valence-corrected chi connectivity index (χ2v) is 2.59. The van der Waals surface area contributed by atoms with Crippen LogP contribution in [0.15, 0.2) is 23.1 Å². The maximum Gasteiger partial charge on any atom is 0.193 e. The maximum absolute atomic E-state index is 4.99. The van der Waals surface area contributed by atoms with E-state index in [4.69, 9.17) is 9.47 Å². The molecule has 0 aliphatic heterocycles. The van der Waals surface area contributed by atoms with Crippen LogP contribution in [0, 0.1) is 0 Å². The Morgan fingerprint density at radius 1 is 1.58 bits per heavy atom. The molecular weight excluding hydrogens is 174 g/mol. The molecule has 0 fully saturated rings. The number of hydrogen-bond donors (Lipinski definition) is 0. The first-order valence-electron chi connectivity index (χ1n) is 3.32. The molecule has 0 atom stereocenters. The first-order chi connectivity index (χ1) is 5.79. The van der Waals surface area contributed by atoms with E-state index in [1.807, 2.05) is 6.26 Å². The molecule has 0 heterocycles. The van der Waals surface area contributed by atoms with Crippen molar-refractivity contribution in [3.8, 4) is 0 Å². The highest BCUT2D eigenvalue weighted by Crippen LogP contribution is 2.08. The normalized spacial score (nSPS) is 10.8. The van der Waals surface area contributed by atoms with Gasteiger partial charge in [-0.3, -0.25) is 0 Å². The molecule has 0 N–H and O–H groups in total. The molecule has 0 spiro atoms. The van der Waals surface area contributed by atoms with Gasteiger partial charge >= 0.3 is 0 Å². The van der Waals surface area contributed by atoms with Crippen molar-refractivity contribution in [3.63, 3.8) is 0 Å². The third-order valence-corrected chi connectivity index (χ3v) is 1.79. The molecule has 0 bridgehead atoms. The van der Waals surface area contributed by atoms with Crippen molar-refractivity contribution in [3.05, 3.63) is 18.1 Å². The standard InChI is InChI=1S/C8H13NO2S/c1-5-7(11-3)8(12-4)9-6-10-2/h1,6H2,2-4H3/b9-8-. The molecule has 68 valence electrons. The lowest BCUT2D eigenvalue weighted by molar-refractivity contribution is 0.208. The number of methoxy groups -OCH3 is 2. The smallest absolute Gasteiger partial charge is 0.193 e. The van der Waals surface area contributed by atoms with Gasteiger partial charge in [0.1, 0.15) is 11.8 Å². The second kappa shape index (κ2) is 6.98. The highest BCUT2D eigenvalue weighted by Gasteiger charge is 2.03. The van der Waals surface area contributed by atoms with E-state index < -0.39 is 0 Å². The molecule has 3 nitrogen and oxygen atoms in total. The third-order valence-electron chi connectivity index (χ3n) is 1.09. The van der Waals surface area contributed by atoms with Crippen molar-refractivity contribution in [2.75, 3.05) is 27.2 Å². The van der Waals surface area contributed by atoms with E-state index in [1.54, 1.807) is 14.2 Å². The van der Waals surface area contributed by atoms with Crippen LogP contribution in [0.1, 0.15) is 0 Å². The van der Waals surface area contributed by atoms with E-state index in [0.717, 1.165) is 5.04 Å². The van der Waals surface area contributed by atoms with Gasteiger partial charge < -0.3 is 9.47 Å². The zero-order valence-electron chi connectivity index (χ0n) is 7.59. The van der Waals surface area contributed by atoms with E-state index in [0.29, 0.717) is 12.5 Å². The summed E-state index contributed by atoms with van der Waals surface area (Å²) in [6, 6.07) is 0. The summed E-state index contributed by atoms with van der Waals surface area (Å²) in [4.78, 5) is 4.10. The quantitative estimate of drug-likeness (QED) is 0.290. The van der Waals surface area contributed by atoms with Crippen LogP contribution in [-0.2, 0) is 9.47 Å². The molecule has 0 rings (SSSR count). The number of hydrogen-bond acceptors (Lipinski definition) is 4. The summed E-state index contributed by atoms with van der Waals surface area (Å²) in [5.41, 5.74) is 2.65. The first-order valence-corrected chi connectivity index (χ1v) is 4.54. The van der Waals surface area contributed by atoms with E-state index in [-0.39, 0.29) is 0 Å². The maximum atomic E-state index is 4.99. The van der Waals surface area contributed by atoms with Gasteiger partial charge in [0.05, 0.1) is 7.11 Å². The number of nitrogens with zero attached hydrogens (tertiary/aromatic N) is 1. The van der Waals surface area contributed by atoms with Crippen LogP contribution in [-0.4, -0.2) is 32.2 Å². The predicted molar refractivity (Wildman–Crippen MR) is 52.5 cm³/mol. The van der Waals surface area contributed by atoms with Gasteiger partial charge in [-0.1, -0.05) is 12.3 Å². The predicted octanol–water partition coefficient (Wildman–Crippen LogP) is 1.67. The third kappa shape index (κ3) is 3.62. The highest BCUT2D eigenvalue weighted by atomic mass is 32.2. The number of thioether (sulfide) groups is 1. The van der Waals surface area contributed by atoms with Crippen LogP contribution in [0.4, 0.5) is 0 Å². The van der Waals surface area contributed by atoms with Crippen molar-refractivity contribution in [2.45, 2.75) is 0 Å². The van der Waals surface area contributed by atoms with Gasteiger partial charge in [0, 0.05) is 7.11 Å². The molecule has 4 heteroatoms. The van der Waals surface area contributed by atoms with Crippen LogP contribution < -0.4 is 0 Å². The summed E-state index contributed by atoms with van der Waals surface area (Å²) in [5, 5.41) is 0.745. The van der Waals surface area contributed by atoms with Crippen molar-refractivity contribution >= 4 is 16.8 Å². The van der Waals surface area contributed by atoms with Crippen LogP contribution in [0.2, 0.25) is 0 Å². The number of aliphatic imine (C=N–C) groups is 1. The van der Waals surface area contributed by atoms with Crippen LogP contribution in [0.5, 0.6) is 0 Å². The van der Waals surface area contributed by atoms with E-state index in [2.05, 4.69) is 17.3 Å². The lowest BCUT2D eigenvalue weighted by Gasteiger charge is -2.03. The molecule has 0 saturated carbocycles. The largest absolute Gasteiger partial charge is 0.487 e. The van der Waals surface area contributed by atoms with Gasteiger partial charge in [-0.15, -0.1) is 11.8 Å². The number of rotatable bonds is 4. The van der Waals surface area contributed by atoms with E-state index >= 15 is 0 Å². The molecule has 0 aromatic carbocycles. The zero-order chi connectivity index (χ0) is 9.40. The zero-order valence-corrected chi connectivity index (χ0v) is 8.40. The molecule has 0 aliphatic carbocycles. The van der Waals surface area contributed by atoms with Gasteiger partial charge in [-0.05, 0) is 6.26 Å². The summed E-state index contributed by atoms with van der Waals surface area (Å²) < 4.78 is 9.78. The monoisotopic (exact) mass is 187 g/mol. The van der Waals surface area contributed by atoms with Crippen molar-refractivity contribution in [1.29, 1.82) is 0 Å². The molecular formula is C8H13NO2S. The second-order valence-electron chi connectivity index (χ2n) is 1.80. The Morgan fingerprint density at radius 2 is 2.25 bits per heavy atom. The highest BCUT2D eigenvalue weighted by molar-refractivity contribution is 8.13.